The summed E-state index contributed by atoms with van der Waals surface area (Å²) < 4.78 is 1.61. The fraction of sp³-hybridized carbons (Fsp3) is 0.250. The summed E-state index contributed by atoms with van der Waals surface area (Å²) in [5, 5.41) is 14.1. The van der Waals surface area contributed by atoms with Gasteiger partial charge in [0.25, 0.3) is 0 Å². The van der Waals surface area contributed by atoms with Gasteiger partial charge in [-0.05, 0) is 32.4 Å². The monoisotopic (exact) mass is 246 g/mol. The zero-order valence-corrected chi connectivity index (χ0v) is 10.6. The Labute approximate surface area is 104 Å². The molecule has 2 aromatic rings. The first-order valence-corrected chi connectivity index (χ1v) is 5.52. The number of hydrogen-bond acceptors (Lipinski definition) is 3. The van der Waals surface area contributed by atoms with Gasteiger partial charge in [0.1, 0.15) is 6.07 Å². The normalized spacial score (nSPS) is 10.3. The highest BCUT2D eigenvalue weighted by molar-refractivity contribution is 6.31. The number of aryl methyl sites for hydroxylation is 2. The molecular formula is C12H11ClN4. The van der Waals surface area contributed by atoms with Gasteiger partial charge in [0.2, 0.25) is 0 Å². The van der Waals surface area contributed by atoms with Gasteiger partial charge < -0.3 is 0 Å². The van der Waals surface area contributed by atoms with Crippen LogP contribution in [0.2, 0.25) is 5.02 Å². The van der Waals surface area contributed by atoms with Gasteiger partial charge in [-0.2, -0.15) is 10.4 Å². The fourth-order valence-corrected chi connectivity index (χ4v) is 1.79. The highest BCUT2D eigenvalue weighted by Gasteiger charge is 2.15. The second-order valence-corrected chi connectivity index (χ2v) is 4.21. The maximum Gasteiger partial charge on any atom is 0.171 e. The minimum atomic E-state index is 0.523. The largest absolute Gasteiger partial charge is 0.236 e. The summed E-state index contributed by atoms with van der Waals surface area (Å²) in [5.41, 5.74) is 2.92. The summed E-state index contributed by atoms with van der Waals surface area (Å²) in [5.74, 6) is 0.528. The quantitative estimate of drug-likeness (QED) is 0.777. The SMILES string of the molecule is Cc1ccnc(-n2nc(C)c(Cl)c2C)c1C#N. The molecule has 0 atom stereocenters. The van der Waals surface area contributed by atoms with E-state index in [9.17, 15) is 0 Å². The molecule has 0 saturated heterocycles. The molecule has 17 heavy (non-hydrogen) atoms. The average Bonchev–Trinajstić information content (AvgIpc) is 2.56. The molecule has 0 spiro atoms. The Morgan fingerprint density at radius 1 is 1.35 bits per heavy atom. The minimum Gasteiger partial charge on any atom is -0.236 e. The maximum atomic E-state index is 9.16. The van der Waals surface area contributed by atoms with Crippen molar-refractivity contribution < 1.29 is 0 Å². The Morgan fingerprint density at radius 3 is 2.59 bits per heavy atom. The molecule has 2 heterocycles. The minimum absolute atomic E-state index is 0.523. The average molecular weight is 247 g/mol. The van der Waals surface area contributed by atoms with Crippen LogP contribution < -0.4 is 0 Å². The molecule has 2 rings (SSSR count). The van der Waals surface area contributed by atoms with E-state index >= 15 is 0 Å². The van der Waals surface area contributed by atoms with Gasteiger partial charge in [0.05, 0.1) is 22.0 Å². The van der Waals surface area contributed by atoms with E-state index in [4.69, 9.17) is 16.9 Å². The summed E-state index contributed by atoms with van der Waals surface area (Å²) in [6.45, 7) is 5.55. The molecule has 0 saturated carbocycles. The number of nitriles is 1. The number of rotatable bonds is 1. The van der Waals surface area contributed by atoms with Crippen molar-refractivity contribution in [1.29, 1.82) is 5.26 Å². The van der Waals surface area contributed by atoms with E-state index < -0.39 is 0 Å². The van der Waals surface area contributed by atoms with Crippen LogP contribution in [0.1, 0.15) is 22.5 Å². The van der Waals surface area contributed by atoms with Crippen LogP contribution in [0.4, 0.5) is 0 Å². The molecule has 4 nitrogen and oxygen atoms in total. The molecular weight excluding hydrogens is 236 g/mol. The van der Waals surface area contributed by atoms with Gasteiger partial charge in [-0.3, -0.25) is 0 Å². The lowest BCUT2D eigenvalue weighted by molar-refractivity contribution is 0.801. The Hall–Kier alpha value is -1.86. The Bertz CT molecular complexity index is 622. The summed E-state index contributed by atoms with van der Waals surface area (Å²) in [7, 11) is 0. The summed E-state index contributed by atoms with van der Waals surface area (Å²) in [6.07, 6.45) is 1.66. The van der Waals surface area contributed by atoms with E-state index in [1.54, 1.807) is 16.9 Å². The number of pyridine rings is 1. The van der Waals surface area contributed by atoms with Crippen LogP contribution in [0, 0.1) is 32.1 Å². The fourth-order valence-electron chi connectivity index (χ4n) is 1.67. The first-order chi connectivity index (χ1) is 8.06. The van der Waals surface area contributed by atoms with Crippen LogP contribution in [-0.2, 0) is 0 Å². The van der Waals surface area contributed by atoms with Crippen molar-refractivity contribution in [3.63, 3.8) is 0 Å². The lowest BCUT2D eigenvalue weighted by atomic mass is 10.1. The van der Waals surface area contributed by atoms with E-state index in [1.807, 2.05) is 20.8 Å². The van der Waals surface area contributed by atoms with Gasteiger partial charge in [0, 0.05) is 6.20 Å². The zero-order chi connectivity index (χ0) is 12.6. The van der Waals surface area contributed by atoms with Crippen LogP contribution in [-0.4, -0.2) is 14.8 Å². The third-order valence-corrected chi connectivity index (χ3v) is 3.20. The van der Waals surface area contributed by atoms with E-state index in [1.165, 1.54) is 0 Å². The molecule has 0 unspecified atom stereocenters. The molecule has 0 amide bonds. The molecule has 0 aliphatic heterocycles. The molecule has 0 radical (unpaired) electrons. The van der Waals surface area contributed by atoms with Crippen molar-refractivity contribution in [2.75, 3.05) is 0 Å². The number of halogens is 1. The van der Waals surface area contributed by atoms with Crippen molar-refractivity contribution in [3.8, 4) is 11.9 Å². The Kier molecular flexibility index (Phi) is 2.86. The highest BCUT2D eigenvalue weighted by Crippen LogP contribution is 2.23. The third-order valence-electron chi connectivity index (χ3n) is 2.65. The molecule has 0 aliphatic rings. The van der Waals surface area contributed by atoms with Crippen LogP contribution in [0.15, 0.2) is 12.3 Å². The van der Waals surface area contributed by atoms with E-state index in [-0.39, 0.29) is 0 Å². The predicted octanol–water partition coefficient (Wildman–Crippen LogP) is 2.72. The number of hydrogen-bond donors (Lipinski definition) is 0. The molecule has 0 aromatic carbocycles. The van der Waals surface area contributed by atoms with Gasteiger partial charge in [-0.1, -0.05) is 11.6 Å². The van der Waals surface area contributed by atoms with Crippen LogP contribution in [0.3, 0.4) is 0 Å². The van der Waals surface area contributed by atoms with Gasteiger partial charge in [-0.25, -0.2) is 9.67 Å². The number of aromatic nitrogens is 3. The van der Waals surface area contributed by atoms with Crippen LogP contribution in [0.25, 0.3) is 5.82 Å². The second kappa shape index (κ2) is 4.19. The lowest BCUT2D eigenvalue weighted by Gasteiger charge is -2.06. The molecule has 2 aromatic heterocycles. The van der Waals surface area contributed by atoms with Crippen molar-refractivity contribution in [2.24, 2.45) is 0 Å². The summed E-state index contributed by atoms with van der Waals surface area (Å²) in [6, 6.07) is 3.95. The van der Waals surface area contributed by atoms with Crippen LogP contribution >= 0.6 is 11.6 Å². The molecule has 0 bridgehead atoms. The molecule has 0 fully saturated rings. The van der Waals surface area contributed by atoms with Gasteiger partial charge in [-0.15, -0.1) is 0 Å². The number of nitrogens with zero attached hydrogens (tertiary/aromatic N) is 4. The first-order valence-electron chi connectivity index (χ1n) is 5.14. The van der Waals surface area contributed by atoms with Gasteiger partial charge in [0.15, 0.2) is 5.82 Å². The van der Waals surface area contributed by atoms with E-state index in [0.29, 0.717) is 16.4 Å². The standard InChI is InChI=1S/C12H11ClN4/c1-7-4-5-15-12(10(7)6-14)17-9(3)11(13)8(2)16-17/h4-5H,1-3H3. The zero-order valence-electron chi connectivity index (χ0n) is 9.82. The molecule has 0 aliphatic carbocycles. The van der Waals surface area contributed by atoms with Gasteiger partial charge >= 0.3 is 0 Å². The first kappa shape index (κ1) is 11.6. The summed E-state index contributed by atoms with van der Waals surface area (Å²) in [4.78, 5) is 4.22. The van der Waals surface area contributed by atoms with Crippen molar-refractivity contribution in [1.82, 2.24) is 14.8 Å². The smallest absolute Gasteiger partial charge is 0.171 e. The van der Waals surface area contributed by atoms with Crippen molar-refractivity contribution in [3.05, 3.63) is 39.8 Å². The van der Waals surface area contributed by atoms with Crippen molar-refractivity contribution in [2.45, 2.75) is 20.8 Å². The lowest BCUT2D eigenvalue weighted by Crippen LogP contribution is -2.05. The molecule has 5 heteroatoms. The Balaban J connectivity index is 2.74. The van der Waals surface area contributed by atoms with Crippen LogP contribution in [0.5, 0.6) is 0 Å². The third kappa shape index (κ3) is 1.79. The topological polar surface area (TPSA) is 54.5 Å². The summed E-state index contributed by atoms with van der Waals surface area (Å²) >= 11 is 6.09. The maximum absolute atomic E-state index is 9.16. The predicted molar refractivity (Wildman–Crippen MR) is 65.3 cm³/mol. The Morgan fingerprint density at radius 2 is 2.06 bits per heavy atom. The molecule has 86 valence electrons. The highest BCUT2D eigenvalue weighted by atomic mass is 35.5. The van der Waals surface area contributed by atoms with E-state index in [0.717, 1.165) is 17.0 Å². The van der Waals surface area contributed by atoms with Crippen molar-refractivity contribution >= 4 is 11.6 Å². The van der Waals surface area contributed by atoms with E-state index in [2.05, 4.69) is 16.2 Å². The molecule has 0 N–H and O–H groups in total. The second-order valence-electron chi connectivity index (χ2n) is 3.83.